The lowest BCUT2D eigenvalue weighted by Gasteiger charge is -2.22. The molecule has 1 saturated heterocycles. The Morgan fingerprint density at radius 2 is 2.19 bits per heavy atom. The third-order valence-electron chi connectivity index (χ3n) is 3.40. The summed E-state index contributed by atoms with van der Waals surface area (Å²) >= 11 is 0. The van der Waals surface area contributed by atoms with Crippen molar-refractivity contribution in [3.8, 4) is 0 Å². The van der Waals surface area contributed by atoms with Gasteiger partial charge in [-0.05, 0) is 30.9 Å². The lowest BCUT2D eigenvalue weighted by atomic mass is 10.0. The number of hydrogen-bond acceptors (Lipinski definition) is 5. The van der Waals surface area contributed by atoms with Crippen LogP contribution in [0.5, 0.6) is 0 Å². The number of esters is 1. The smallest absolute Gasteiger partial charge is 0.339 e. The maximum atomic E-state index is 12.4. The molecule has 7 heteroatoms. The fraction of sp³-hybridized carbons (Fsp3) is 0.500. The van der Waals surface area contributed by atoms with Gasteiger partial charge >= 0.3 is 5.97 Å². The van der Waals surface area contributed by atoms with Crippen molar-refractivity contribution in [3.63, 3.8) is 0 Å². The van der Waals surface area contributed by atoms with E-state index < -0.39 is 16.0 Å². The van der Waals surface area contributed by atoms with Gasteiger partial charge < -0.3 is 9.47 Å². The lowest BCUT2D eigenvalue weighted by molar-refractivity contribution is 0.0567. The normalized spacial score (nSPS) is 19.2. The molecule has 1 unspecified atom stereocenters. The molecule has 0 aromatic heterocycles. The predicted molar refractivity (Wildman–Crippen MR) is 76.5 cm³/mol. The van der Waals surface area contributed by atoms with Gasteiger partial charge in [0.15, 0.2) is 0 Å². The summed E-state index contributed by atoms with van der Waals surface area (Å²) in [7, 11) is -2.53. The standard InChI is InChI=1S/C14H19NO5S/c1-19-14(16)12-6-2-3-7-13(12)21(17,18)15-9-11-5-4-8-20-10-11/h2-3,6-7,11,15H,4-5,8-10H2,1H3. The molecule has 0 spiro atoms. The molecule has 0 bridgehead atoms. The van der Waals surface area contributed by atoms with Crippen molar-refractivity contribution in [1.82, 2.24) is 4.72 Å². The first kappa shape index (κ1) is 15.9. The van der Waals surface area contributed by atoms with Gasteiger partial charge in [-0.15, -0.1) is 0 Å². The Morgan fingerprint density at radius 3 is 2.86 bits per heavy atom. The fourth-order valence-corrected chi connectivity index (χ4v) is 3.56. The Balaban J connectivity index is 2.13. The molecule has 1 aliphatic heterocycles. The van der Waals surface area contributed by atoms with Crippen molar-refractivity contribution in [1.29, 1.82) is 0 Å². The van der Waals surface area contributed by atoms with Gasteiger partial charge in [0.25, 0.3) is 0 Å². The zero-order chi connectivity index (χ0) is 15.3. The Kier molecular flexibility index (Phi) is 5.33. The van der Waals surface area contributed by atoms with Crippen molar-refractivity contribution in [3.05, 3.63) is 29.8 Å². The Morgan fingerprint density at radius 1 is 1.43 bits per heavy atom. The van der Waals surface area contributed by atoms with E-state index in [1.165, 1.54) is 19.2 Å². The minimum absolute atomic E-state index is 0.0346. The van der Waals surface area contributed by atoms with Crippen LogP contribution in [-0.2, 0) is 19.5 Å². The Labute approximate surface area is 124 Å². The summed E-state index contributed by atoms with van der Waals surface area (Å²) in [6.07, 6.45) is 1.87. The molecule has 2 rings (SSSR count). The first-order chi connectivity index (χ1) is 10.0. The SMILES string of the molecule is COC(=O)c1ccccc1S(=O)(=O)NCC1CCCOC1. The second-order valence-corrected chi connectivity index (χ2v) is 6.66. The maximum absolute atomic E-state index is 12.4. The summed E-state index contributed by atoms with van der Waals surface area (Å²) in [5, 5.41) is 0. The molecule has 1 N–H and O–H groups in total. The van der Waals surface area contributed by atoms with Gasteiger partial charge in [-0.25, -0.2) is 17.9 Å². The number of ether oxygens (including phenoxy) is 2. The Hall–Kier alpha value is -1.44. The quantitative estimate of drug-likeness (QED) is 0.826. The lowest BCUT2D eigenvalue weighted by Crippen LogP contribution is -2.34. The largest absolute Gasteiger partial charge is 0.465 e. The van der Waals surface area contributed by atoms with Crippen molar-refractivity contribution in [2.45, 2.75) is 17.7 Å². The molecular formula is C14H19NO5S. The van der Waals surface area contributed by atoms with Crippen LogP contribution in [-0.4, -0.2) is 41.3 Å². The highest BCUT2D eigenvalue weighted by molar-refractivity contribution is 7.89. The van der Waals surface area contributed by atoms with Crippen LogP contribution in [0.3, 0.4) is 0 Å². The summed E-state index contributed by atoms with van der Waals surface area (Å²) < 4.78 is 37.2. The molecule has 1 aliphatic rings. The molecule has 1 aromatic rings. The summed E-state index contributed by atoms with van der Waals surface area (Å²) in [6, 6.07) is 6.00. The summed E-state index contributed by atoms with van der Waals surface area (Å²) in [6.45, 7) is 1.59. The summed E-state index contributed by atoms with van der Waals surface area (Å²) in [4.78, 5) is 11.6. The van der Waals surface area contributed by atoms with Crippen molar-refractivity contribution < 1.29 is 22.7 Å². The van der Waals surface area contributed by atoms with Gasteiger partial charge in [0, 0.05) is 13.2 Å². The van der Waals surface area contributed by atoms with Crippen molar-refractivity contribution in [2.75, 3.05) is 26.9 Å². The topological polar surface area (TPSA) is 81.7 Å². The number of sulfonamides is 1. The van der Waals surface area contributed by atoms with Gasteiger partial charge in [-0.1, -0.05) is 12.1 Å². The molecule has 0 amide bonds. The van der Waals surface area contributed by atoms with Gasteiger partial charge in [0.1, 0.15) is 0 Å². The van der Waals surface area contributed by atoms with Crippen LogP contribution in [0.25, 0.3) is 0 Å². The van der Waals surface area contributed by atoms with E-state index >= 15 is 0 Å². The van der Waals surface area contributed by atoms with Crippen LogP contribution in [0.1, 0.15) is 23.2 Å². The second kappa shape index (κ2) is 7.02. The minimum atomic E-state index is -3.75. The van der Waals surface area contributed by atoms with Crippen LogP contribution >= 0.6 is 0 Å². The van der Waals surface area contributed by atoms with Gasteiger partial charge in [-0.3, -0.25) is 0 Å². The van der Waals surface area contributed by atoms with E-state index in [2.05, 4.69) is 9.46 Å². The maximum Gasteiger partial charge on any atom is 0.339 e. The molecule has 1 atom stereocenters. The third kappa shape index (κ3) is 4.03. The van der Waals surface area contributed by atoms with E-state index in [4.69, 9.17) is 4.74 Å². The predicted octanol–water partition coefficient (Wildman–Crippen LogP) is 1.18. The van der Waals surface area contributed by atoms with E-state index in [9.17, 15) is 13.2 Å². The second-order valence-electron chi connectivity index (χ2n) is 4.92. The zero-order valence-corrected chi connectivity index (χ0v) is 12.7. The number of benzene rings is 1. The third-order valence-corrected chi connectivity index (χ3v) is 4.88. The van der Waals surface area contributed by atoms with E-state index in [1.54, 1.807) is 12.1 Å². The molecular weight excluding hydrogens is 294 g/mol. The number of methoxy groups -OCH3 is 1. The molecule has 0 aliphatic carbocycles. The van der Waals surface area contributed by atoms with Gasteiger partial charge in [-0.2, -0.15) is 0 Å². The van der Waals surface area contributed by atoms with E-state index in [0.717, 1.165) is 19.4 Å². The number of nitrogens with one attached hydrogen (secondary N) is 1. The van der Waals surface area contributed by atoms with Crippen LogP contribution in [0, 0.1) is 5.92 Å². The van der Waals surface area contributed by atoms with E-state index in [1.807, 2.05) is 0 Å². The van der Waals surface area contributed by atoms with E-state index in [-0.39, 0.29) is 16.4 Å². The molecule has 6 nitrogen and oxygen atoms in total. The Bertz CT molecular complexity index is 593. The molecule has 21 heavy (non-hydrogen) atoms. The van der Waals surface area contributed by atoms with Gasteiger partial charge in [0.05, 0.1) is 24.2 Å². The summed E-state index contributed by atoms with van der Waals surface area (Å²) in [5.41, 5.74) is 0.0346. The van der Waals surface area contributed by atoms with Crippen LogP contribution in [0.15, 0.2) is 29.2 Å². The highest BCUT2D eigenvalue weighted by atomic mass is 32.2. The monoisotopic (exact) mass is 313 g/mol. The van der Waals surface area contributed by atoms with Crippen LogP contribution in [0.2, 0.25) is 0 Å². The average Bonchev–Trinajstić information content (AvgIpc) is 2.53. The number of hydrogen-bond donors (Lipinski definition) is 1. The fourth-order valence-electron chi connectivity index (χ4n) is 2.25. The number of rotatable bonds is 5. The molecule has 1 heterocycles. The number of carbonyl (C=O) groups excluding carboxylic acids is 1. The molecule has 0 radical (unpaired) electrons. The molecule has 1 aromatic carbocycles. The average molecular weight is 313 g/mol. The van der Waals surface area contributed by atoms with Crippen LogP contribution in [0.4, 0.5) is 0 Å². The molecule has 0 saturated carbocycles. The van der Waals surface area contributed by atoms with Crippen molar-refractivity contribution in [2.24, 2.45) is 5.92 Å². The van der Waals surface area contributed by atoms with Crippen molar-refractivity contribution >= 4 is 16.0 Å². The first-order valence-electron chi connectivity index (χ1n) is 6.79. The number of carbonyl (C=O) groups is 1. The summed E-state index contributed by atoms with van der Waals surface area (Å²) in [5.74, 6) is -0.504. The molecule has 1 fully saturated rings. The highest BCUT2D eigenvalue weighted by Gasteiger charge is 2.24. The van der Waals surface area contributed by atoms with Crippen LogP contribution < -0.4 is 4.72 Å². The van der Waals surface area contributed by atoms with E-state index in [0.29, 0.717) is 13.2 Å². The minimum Gasteiger partial charge on any atom is -0.465 e. The zero-order valence-electron chi connectivity index (χ0n) is 11.9. The first-order valence-corrected chi connectivity index (χ1v) is 8.27. The van der Waals surface area contributed by atoms with Gasteiger partial charge in [0.2, 0.25) is 10.0 Å². The highest BCUT2D eigenvalue weighted by Crippen LogP contribution is 2.18. The molecule has 116 valence electrons.